The van der Waals surface area contributed by atoms with Crippen LogP contribution in [0.25, 0.3) is 0 Å². The van der Waals surface area contributed by atoms with E-state index in [0.717, 1.165) is 29.0 Å². The summed E-state index contributed by atoms with van der Waals surface area (Å²) in [6.45, 7) is 1.95. The first-order valence-electron chi connectivity index (χ1n) is 13.2. The number of methoxy groups -OCH3 is 1. The molecule has 0 heterocycles. The molecule has 1 atom stereocenters. The van der Waals surface area contributed by atoms with Gasteiger partial charge in [0, 0.05) is 24.5 Å². The molecular weight excluding hydrogens is 585 g/mol. The van der Waals surface area contributed by atoms with Crippen molar-refractivity contribution in [1.29, 1.82) is 0 Å². The van der Waals surface area contributed by atoms with Crippen molar-refractivity contribution in [3.63, 3.8) is 0 Å². The quantitative estimate of drug-likeness (QED) is 0.246. The number of halogens is 2. The van der Waals surface area contributed by atoms with E-state index in [0.29, 0.717) is 22.9 Å². The molecular formula is C30H35Cl2N3O5S. The van der Waals surface area contributed by atoms with Gasteiger partial charge in [-0.1, -0.05) is 79.0 Å². The number of carbonyl (C=O) groups excluding carboxylic acids is 2. The second kappa shape index (κ2) is 15.1. The van der Waals surface area contributed by atoms with Crippen LogP contribution in [0.15, 0.2) is 72.8 Å². The van der Waals surface area contributed by atoms with Crippen LogP contribution in [0.1, 0.15) is 30.9 Å². The minimum absolute atomic E-state index is 0.0423. The van der Waals surface area contributed by atoms with Crippen LogP contribution in [-0.2, 0) is 32.6 Å². The number of rotatable bonds is 14. The maximum absolute atomic E-state index is 14.1. The van der Waals surface area contributed by atoms with Crippen molar-refractivity contribution in [3.05, 3.63) is 94.0 Å². The molecule has 0 aromatic heterocycles. The molecule has 3 aromatic carbocycles. The Bertz CT molecular complexity index is 1440. The summed E-state index contributed by atoms with van der Waals surface area (Å²) in [6, 6.07) is 20.0. The molecule has 1 N–H and O–H groups in total. The van der Waals surface area contributed by atoms with E-state index < -0.39 is 28.5 Å². The lowest BCUT2D eigenvalue weighted by Crippen LogP contribution is -2.53. The van der Waals surface area contributed by atoms with E-state index in [2.05, 4.69) is 5.32 Å². The van der Waals surface area contributed by atoms with E-state index in [1.54, 1.807) is 25.3 Å². The van der Waals surface area contributed by atoms with Crippen LogP contribution < -0.4 is 14.4 Å². The van der Waals surface area contributed by atoms with E-state index >= 15 is 0 Å². The van der Waals surface area contributed by atoms with Crippen molar-refractivity contribution in [1.82, 2.24) is 10.2 Å². The van der Waals surface area contributed by atoms with Crippen LogP contribution in [-0.4, -0.2) is 57.6 Å². The fraction of sp³-hybridized carbons (Fsp3) is 0.333. The van der Waals surface area contributed by atoms with Gasteiger partial charge in [-0.3, -0.25) is 13.9 Å². The summed E-state index contributed by atoms with van der Waals surface area (Å²) < 4.78 is 32.1. The van der Waals surface area contributed by atoms with Crippen LogP contribution in [0.5, 0.6) is 5.75 Å². The Morgan fingerprint density at radius 3 is 2.32 bits per heavy atom. The number of benzene rings is 3. The third kappa shape index (κ3) is 9.38. The number of carbonyl (C=O) groups is 2. The van der Waals surface area contributed by atoms with Crippen molar-refractivity contribution in [3.8, 4) is 5.75 Å². The fourth-order valence-corrected chi connectivity index (χ4v) is 5.73. The maximum atomic E-state index is 14.1. The van der Waals surface area contributed by atoms with Gasteiger partial charge < -0.3 is 15.0 Å². The van der Waals surface area contributed by atoms with E-state index in [-0.39, 0.29) is 29.6 Å². The normalized spacial score (nSPS) is 11.9. The molecule has 0 saturated heterocycles. The molecule has 0 spiro atoms. The molecule has 0 bridgehead atoms. The smallest absolute Gasteiger partial charge is 0.244 e. The third-order valence-electron chi connectivity index (χ3n) is 6.45. The molecule has 0 aliphatic heterocycles. The van der Waals surface area contributed by atoms with Crippen molar-refractivity contribution in [2.45, 2.75) is 38.8 Å². The molecule has 3 rings (SSSR count). The van der Waals surface area contributed by atoms with E-state index in [9.17, 15) is 18.0 Å². The van der Waals surface area contributed by atoms with E-state index in [1.165, 1.54) is 23.1 Å². The maximum Gasteiger partial charge on any atom is 0.244 e. The average molecular weight is 621 g/mol. The number of anilines is 1. The van der Waals surface area contributed by atoms with Gasteiger partial charge in [0.15, 0.2) is 0 Å². The third-order valence-corrected chi connectivity index (χ3v) is 8.11. The van der Waals surface area contributed by atoms with Crippen LogP contribution in [0.2, 0.25) is 10.0 Å². The van der Waals surface area contributed by atoms with Crippen molar-refractivity contribution < 1.29 is 22.7 Å². The Balaban J connectivity index is 2.06. The molecule has 41 heavy (non-hydrogen) atoms. The number of ether oxygens (including phenoxy) is 1. The molecule has 8 nitrogen and oxygen atoms in total. The van der Waals surface area contributed by atoms with Crippen molar-refractivity contribution >= 4 is 50.7 Å². The monoisotopic (exact) mass is 619 g/mol. The zero-order valence-corrected chi connectivity index (χ0v) is 25.7. The van der Waals surface area contributed by atoms with Gasteiger partial charge in [0.05, 0.1) is 24.1 Å². The number of nitrogens with one attached hydrogen (secondary N) is 1. The Morgan fingerprint density at radius 1 is 0.976 bits per heavy atom. The van der Waals surface area contributed by atoms with Crippen LogP contribution in [0.4, 0.5) is 5.69 Å². The van der Waals surface area contributed by atoms with E-state index in [1.807, 2.05) is 43.3 Å². The molecule has 11 heteroatoms. The summed E-state index contributed by atoms with van der Waals surface area (Å²) in [5.74, 6) is -0.308. The Hall–Kier alpha value is -3.27. The highest BCUT2D eigenvalue weighted by Gasteiger charge is 2.33. The highest BCUT2D eigenvalue weighted by Crippen LogP contribution is 2.31. The Labute approximate surface area is 252 Å². The van der Waals surface area contributed by atoms with Crippen LogP contribution >= 0.6 is 23.2 Å². The van der Waals surface area contributed by atoms with Gasteiger partial charge >= 0.3 is 0 Å². The zero-order chi connectivity index (χ0) is 30.0. The number of unbranched alkanes of at least 4 members (excludes halogenated alkanes) is 1. The number of sulfonamides is 1. The fourth-order valence-electron chi connectivity index (χ4n) is 4.31. The van der Waals surface area contributed by atoms with Crippen molar-refractivity contribution in [2.75, 3.05) is 30.8 Å². The molecule has 0 fully saturated rings. The molecule has 0 aliphatic rings. The first-order valence-corrected chi connectivity index (χ1v) is 15.8. The molecule has 1 unspecified atom stereocenters. The summed E-state index contributed by atoms with van der Waals surface area (Å²) in [7, 11) is -2.41. The van der Waals surface area contributed by atoms with Gasteiger partial charge in [0.1, 0.15) is 18.3 Å². The molecule has 3 aromatic rings. The topological polar surface area (TPSA) is 96.0 Å². The van der Waals surface area contributed by atoms with Gasteiger partial charge in [-0.2, -0.15) is 0 Å². The summed E-state index contributed by atoms with van der Waals surface area (Å²) >= 11 is 12.4. The van der Waals surface area contributed by atoms with E-state index in [4.69, 9.17) is 27.9 Å². The molecule has 0 saturated carbocycles. The minimum atomic E-state index is -3.95. The number of hydrogen-bond donors (Lipinski definition) is 1. The second-order valence-corrected chi connectivity index (χ2v) is 12.3. The van der Waals surface area contributed by atoms with Crippen LogP contribution in [0.3, 0.4) is 0 Å². The molecule has 220 valence electrons. The lowest BCUT2D eigenvalue weighted by Gasteiger charge is -2.33. The Kier molecular flexibility index (Phi) is 11.9. The van der Waals surface area contributed by atoms with Gasteiger partial charge in [-0.05, 0) is 47.9 Å². The first kappa shape index (κ1) is 32.2. The molecule has 2 amide bonds. The Morgan fingerprint density at radius 2 is 1.68 bits per heavy atom. The summed E-state index contributed by atoms with van der Waals surface area (Å²) in [5.41, 5.74) is 1.68. The van der Waals surface area contributed by atoms with Crippen molar-refractivity contribution in [2.24, 2.45) is 0 Å². The van der Waals surface area contributed by atoms with Crippen LogP contribution in [0, 0.1) is 0 Å². The predicted molar refractivity (Wildman–Crippen MR) is 164 cm³/mol. The lowest BCUT2D eigenvalue weighted by atomic mass is 10.0. The zero-order valence-electron chi connectivity index (χ0n) is 23.3. The second-order valence-electron chi connectivity index (χ2n) is 9.59. The molecule has 0 aliphatic carbocycles. The number of amides is 2. The predicted octanol–water partition coefficient (Wildman–Crippen LogP) is 5.32. The SMILES string of the molecule is CCCCNC(=O)C(Cc1ccccc1)N(Cc1cccc(OC)c1)C(=O)CN(c1ccc(Cl)cc1Cl)S(C)(=O)=O. The summed E-state index contributed by atoms with van der Waals surface area (Å²) in [5, 5.41) is 3.35. The summed E-state index contributed by atoms with van der Waals surface area (Å²) in [4.78, 5) is 29.2. The van der Waals surface area contributed by atoms with Gasteiger partial charge in [-0.15, -0.1) is 0 Å². The minimum Gasteiger partial charge on any atom is -0.497 e. The number of nitrogens with zero attached hydrogens (tertiary/aromatic N) is 2. The standard InChI is InChI=1S/C30H35Cl2N3O5S/c1-4-5-16-33-30(37)28(18-22-10-7-6-8-11-22)34(20-23-12-9-13-25(17-23)40-2)29(36)21-35(41(3,38)39)27-15-14-24(31)19-26(27)32/h6-15,17,19,28H,4-5,16,18,20-21H2,1-3H3,(H,33,37). The summed E-state index contributed by atoms with van der Waals surface area (Å²) in [6.07, 6.45) is 2.90. The first-order chi connectivity index (χ1) is 19.5. The largest absolute Gasteiger partial charge is 0.497 e. The number of hydrogen-bond acceptors (Lipinski definition) is 5. The molecule has 0 radical (unpaired) electrons. The highest BCUT2D eigenvalue weighted by atomic mass is 35.5. The highest BCUT2D eigenvalue weighted by molar-refractivity contribution is 7.92. The average Bonchev–Trinajstić information content (AvgIpc) is 2.94. The van der Waals surface area contributed by atoms with Gasteiger partial charge in [-0.25, -0.2) is 8.42 Å². The van der Waals surface area contributed by atoms with Gasteiger partial charge in [0.25, 0.3) is 0 Å². The van der Waals surface area contributed by atoms with Gasteiger partial charge in [0.2, 0.25) is 21.8 Å². The lowest BCUT2D eigenvalue weighted by molar-refractivity contribution is -0.140.